The molecule has 3 heteroatoms. The molecule has 2 unspecified atom stereocenters. The highest BCUT2D eigenvalue weighted by Crippen LogP contribution is 2.32. The van der Waals surface area contributed by atoms with Crippen LogP contribution in [-0.2, 0) is 4.79 Å². The summed E-state index contributed by atoms with van der Waals surface area (Å²) in [5, 5.41) is 0. The Bertz CT molecular complexity index is 427. The van der Waals surface area contributed by atoms with Crippen LogP contribution in [0.2, 0.25) is 0 Å². The molecule has 1 saturated carbocycles. The van der Waals surface area contributed by atoms with Crippen LogP contribution in [0.5, 0.6) is 0 Å². The number of rotatable bonds is 2. The van der Waals surface area contributed by atoms with Gasteiger partial charge < -0.3 is 10.6 Å². The SMILES string of the molecule is NC1CN(C(=O)C2CCC2)CC1c1ccccc1. The average Bonchev–Trinajstić information content (AvgIpc) is 2.70. The maximum Gasteiger partial charge on any atom is 0.225 e. The summed E-state index contributed by atoms with van der Waals surface area (Å²) < 4.78 is 0. The van der Waals surface area contributed by atoms with E-state index in [-0.39, 0.29) is 12.0 Å². The van der Waals surface area contributed by atoms with Crippen LogP contribution >= 0.6 is 0 Å². The van der Waals surface area contributed by atoms with Crippen molar-refractivity contribution >= 4 is 5.91 Å². The van der Waals surface area contributed by atoms with Gasteiger partial charge in [-0.3, -0.25) is 4.79 Å². The van der Waals surface area contributed by atoms with Crippen LogP contribution in [0.3, 0.4) is 0 Å². The van der Waals surface area contributed by atoms with E-state index in [1.54, 1.807) is 0 Å². The van der Waals surface area contributed by atoms with E-state index >= 15 is 0 Å². The minimum Gasteiger partial charge on any atom is -0.340 e. The summed E-state index contributed by atoms with van der Waals surface area (Å²) in [4.78, 5) is 14.2. The van der Waals surface area contributed by atoms with Crippen LogP contribution in [0, 0.1) is 5.92 Å². The molecular formula is C15H20N2O. The Hall–Kier alpha value is -1.35. The number of carbonyl (C=O) groups is 1. The highest BCUT2D eigenvalue weighted by atomic mass is 16.2. The minimum atomic E-state index is 0.0800. The third-order valence-electron chi connectivity index (χ3n) is 4.36. The zero-order valence-corrected chi connectivity index (χ0v) is 10.6. The first-order valence-electron chi connectivity index (χ1n) is 6.85. The molecule has 3 nitrogen and oxygen atoms in total. The lowest BCUT2D eigenvalue weighted by Gasteiger charge is -2.29. The molecule has 2 N–H and O–H groups in total. The zero-order chi connectivity index (χ0) is 12.5. The Morgan fingerprint density at radius 3 is 2.50 bits per heavy atom. The molecule has 2 aliphatic rings. The summed E-state index contributed by atoms with van der Waals surface area (Å²) in [6.07, 6.45) is 3.35. The number of hydrogen-bond acceptors (Lipinski definition) is 2. The van der Waals surface area contributed by atoms with Crippen molar-refractivity contribution in [1.29, 1.82) is 0 Å². The number of carbonyl (C=O) groups excluding carboxylic acids is 1. The molecule has 1 aliphatic carbocycles. The topological polar surface area (TPSA) is 46.3 Å². The number of hydrogen-bond donors (Lipinski definition) is 1. The second kappa shape index (κ2) is 4.73. The maximum atomic E-state index is 12.2. The molecular weight excluding hydrogens is 224 g/mol. The zero-order valence-electron chi connectivity index (χ0n) is 10.6. The first kappa shape index (κ1) is 11.7. The first-order chi connectivity index (χ1) is 8.75. The van der Waals surface area contributed by atoms with Gasteiger partial charge in [0.2, 0.25) is 5.91 Å². The maximum absolute atomic E-state index is 12.2. The van der Waals surface area contributed by atoms with Gasteiger partial charge >= 0.3 is 0 Å². The number of benzene rings is 1. The molecule has 3 rings (SSSR count). The van der Waals surface area contributed by atoms with Crippen molar-refractivity contribution in [1.82, 2.24) is 4.90 Å². The van der Waals surface area contributed by atoms with Crippen molar-refractivity contribution in [3.63, 3.8) is 0 Å². The van der Waals surface area contributed by atoms with Gasteiger partial charge in [0.1, 0.15) is 0 Å². The van der Waals surface area contributed by atoms with Crippen molar-refractivity contribution in [3.8, 4) is 0 Å². The summed E-state index contributed by atoms with van der Waals surface area (Å²) in [5.74, 6) is 0.914. The number of nitrogens with zero attached hydrogens (tertiary/aromatic N) is 1. The van der Waals surface area contributed by atoms with E-state index in [9.17, 15) is 4.79 Å². The van der Waals surface area contributed by atoms with Gasteiger partial charge in [-0.15, -0.1) is 0 Å². The van der Waals surface area contributed by atoms with Crippen LogP contribution in [0.15, 0.2) is 30.3 Å². The molecule has 1 amide bonds. The van der Waals surface area contributed by atoms with E-state index < -0.39 is 0 Å². The standard InChI is InChI=1S/C15H20N2O/c16-14-10-17(15(18)12-7-4-8-12)9-13(14)11-5-2-1-3-6-11/h1-3,5-6,12-14H,4,7-10,16H2. The van der Waals surface area contributed by atoms with Gasteiger partial charge in [0.05, 0.1) is 0 Å². The van der Waals surface area contributed by atoms with E-state index in [2.05, 4.69) is 12.1 Å². The van der Waals surface area contributed by atoms with Gasteiger partial charge in [-0.25, -0.2) is 0 Å². The summed E-state index contributed by atoms with van der Waals surface area (Å²) in [6.45, 7) is 1.51. The van der Waals surface area contributed by atoms with Gasteiger partial charge in [-0.05, 0) is 18.4 Å². The van der Waals surface area contributed by atoms with E-state index in [1.807, 2.05) is 23.1 Å². The number of likely N-dealkylation sites (tertiary alicyclic amines) is 1. The van der Waals surface area contributed by atoms with E-state index in [1.165, 1.54) is 12.0 Å². The molecule has 0 aromatic heterocycles. The lowest BCUT2D eigenvalue weighted by atomic mass is 9.84. The Labute approximate surface area is 108 Å². The summed E-state index contributed by atoms with van der Waals surface area (Å²) in [7, 11) is 0. The predicted octanol–water partition coefficient (Wildman–Crippen LogP) is 1.74. The molecule has 1 aromatic carbocycles. The second-order valence-corrected chi connectivity index (χ2v) is 5.55. The third kappa shape index (κ3) is 2.03. The molecule has 0 radical (unpaired) electrons. The molecule has 1 aromatic rings. The normalized spacial score (nSPS) is 28.2. The summed E-state index contributed by atoms with van der Waals surface area (Å²) >= 11 is 0. The molecule has 1 aliphatic heterocycles. The highest BCUT2D eigenvalue weighted by Gasteiger charge is 2.37. The van der Waals surface area contributed by atoms with E-state index in [4.69, 9.17) is 5.73 Å². The predicted molar refractivity (Wildman–Crippen MR) is 71.1 cm³/mol. The molecule has 1 saturated heterocycles. The largest absolute Gasteiger partial charge is 0.340 e. The smallest absolute Gasteiger partial charge is 0.225 e. The number of nitrogens with two attached hydrogens (primary N) is 1. The van der Waals surface area contributed by atoms with Crippen LogP contribution in [-0.4, -0.2) is 29.9 Å². The fourth-order valence-corrected chi connectivity index (χ4v) is 2.98. The quantitative estimate of drug-likeness (QED) is 0.861. The molecule has 18 heavy (non-hydrogen) atoms. The lowest BCUT2D eigenvalue weighted by Crippen LogP contribution is -2.38. The van der Waals surface area contributed by atoms with Crippen molar-refractivity contribution < 1.29 is 4.79 Å². The lowest BCUT2D eigenvalue weighted by molar-refractivity contribution is -0.137. The molecule has 0 spiro atoms. The van der Waals surface area contributed by atoms with Gasteiger partial charge in [0.25, 0.3) is 0 Å². The summed E-state index contributed by atoms with van der Waals surface area (Å²) in [5.41, 5.74) is 7.46. The van der Waals surface area contributed by atoms with Gasteiger partial charge in [-0.1, -0.05) is 36.8 Å². The molecule has 2 fully saturated rings. The van der Waals surface area contributed by atoms with Gasteiger partial charge in [0.15, 0.2) is 0 Å². The van der Waals surface area contributed by atoms with Crippen LogP contribution in [0.4, 0.5) is 0 Å². The van der Waals surface area contributed by atoms with Crippen molar-refractivity contribution in [2.24, 2.45) is 11.7 Å². The number of amides is 1. The minimum absolute atomic E-state index is 0.0800. The van der Waals surface area contributed by atoms with E-state index in [0.29, 0.717) is 11.8 Å². The average molecular weight is 244 g/mol. The summed E-state index contributed by atoms with van der Waals surface area (Å²) in [6, 6.07) is 10.4. The van der Waals surface area contributed by atoms with E-state index in [0.717, 1.165) is 25.9 Å². The molecule has 2 atom stereocenters. The Balaban J connectivity index is 1.70. The molecule has 1 heterocycles. The Morgan fingerprint density at radius 2 is 1.89 bits per heavy atom. The monoisotopic (exact) mass is 244 g/mol. The third-order valence-corrected chi connectivity index (χ3v) is 4.36. The van der Waals surface area contributed by atoms with Crippen LogP contribution < -0.4 is 5.73 Å². The first-order valence-corrected chi connectivity index (χ1v) is 6.85. The van der Waals surface area contributed by atoms with Gasteiger partial charge in [-0.2, -0.15) is 0 Å². The Morgan fingerprint density at radius 1 is 1.17 bits per heavy atom. The molecule has 0 bridgehead atoms. The van der Waals surface area contributed by atoms with Crippen molar-refractivity contribution in [2.75, 3.05) is 13.1 Å². The highest BCUT2D eigenvalue weighted by molar-refractivity contribution is 5.80. The Kier molecular flexibility index (Phi) is 3.08. The second-order valence-electron chi connectivity index (χ2n) is 5.55. The molecule has 96 valence electrons. The van der Waals surface area contributed by atoms with Gasteiger partial charge in [0, 0.05) is 31.0 Å². The van der Waals surface area contributed by atoms with Crippen LogP contribution in [0.1, 0.15) is 30.7 Å². The van der Waals surface area contributed by atoms with Crippen molar-refractivity contribution in [3.05, 3.63) is 35.9 Å². The van der Waals surface area contributed by atoms with Crippen molar-refractivity contribution in [2.45, 2.75) is 31.2 Å². The fourth-order valence-electron chi connectivity index (χ4n) is 2.98. The fraction of sp³-hybridized carbons (Fsp3) is 0.533. The van der Waals surface area contributed by atoms with Crippen LogP contribution in [0.25, 0.3) is 0 Å².